The highest BCUT2D eigenvalue weighted by Gasteiger charge is 2.53. The maximum Gasteiger partial charge on any atom is 0.132 e. The molecule has 75 heavy (non-hydrogen) atoms. The zero-order valence-corrected chi connectivity index (χ0v) is 41.6. The van der Waals surface area contributed by atoms with E-state index in [-0.39, 0.29) is 0 Å². The molecular weight excluding hydrogens is 927 g/mol. The van der Waals surface area contributed by atoms with E-state index < -0.39 is 10.8 Å². The molecular formula is C72H45NOS. The van der Waals surface area contributed by atoms with Gasteiger partial charge in [-0.05, 0) is 126 Å². The van der Waals surface area contributed by atoms with E-state index in [0.29, 0.717) is 0 Å². The van der Waals surface area contributed by atoms with Crippen LogP contribution in [-0.4, -0.2) is 0 Å². The second-order valence-corrected chi connectivity index (χ2v) is 21.2. The van der Waals surface area contributed by atoms with Crippen LogP contribution >= 0.6 is 11.8 Å². The Hall–Kier alpha value is -9.15. The largest absolute Gasteiger partial charge is 0.457 e. The van der Waals surface area contributed by atoms with Gasteiger partial charge in [-0.1, -0.05) is 236 Å². The zero-order valence-electron chi connectivity index (χ0n) is 40.7. The van der Waals surface area contributed by atoms with Crippen molar-refractivity contribution in [1.82, 2.24) is 0 Å². The molecule has 3 heteroatoms. The van der Waals surface area contributed by atoms with E-state index in [1.807, 2.05) is 11.8 Å². The van der Waals surface area contributed by atoms with Crippen molar-refractivity contribution in [3.63, 3.8) is 0 Å². The van der Waals surface area contributed by atoms with Crippen molar-refractivity contribution >= 4 is 39.6 Å². The molecule has 2 nitrogen and oxygen atoms in total. The molecule has 16 rings (SSSR count). The van der Waals surface area contributed by atoms with E-state index in [0.717, 1.165) is 39.7 Å². The van der Waals surface area contributed by atoms with E-state index in [9.17, 15) is 0 Å². The fourth-order valence-corrected chi connectivity index (χ4v) is 14.8. The Morgan fingerprint density at radius 3 is 1.35 bits per heavy atom. The maximum absolute atomic E-state index is 6.77. The van der Waals surface area contributed by atoms with Gasteiger partial charge in [-0.3, -0.25) is 0 Å². The lowest BCUT2D eigenvalue weighted by atomic mass is 9.66. The van der Waals surface area contributed by atoms with Gasteiger partial charge in [-0.25, -0.2) is 0 Å². The van der Waals surface area contributed by atoms with Crippen molar-refractivity contribution in [1.29, 1.82) is 0 Å². The van der Waals surface area contributed by atoms with Crippen molar-refractivity contribution in [2.24, 2.45) is 0 Å². The summed E-state index contributed by atoms with van der Waals surface area (Å²) in [5.74, 6) is 1.77. The van der Waals surface area contributed by atoms with Gasteiger partial charge in [0.2, 0.25) is 0 Å². The molecule has 0 fully saturated rings. The van der Waals surface area contributed by atoms with Gasteiger partial charge in [0, 0.05) is 37.6 Å². The summed E-state index contributed by atoms with van der Waals surface area (Å²) in [6, 6.07) is 101. The monoisotopic (exact) mass is 971 g/mol. The quantitative estimate of drug-likeness (QED) is 0.171. The molecule has 0 amide bonds. The Kier molecular flexibility index (Phi) is 9.14. The van der Waals surface area contributed by atoms with Crippen LogP contribution in [0.5, 0.6) is 11.5 Å². The van der Waals surface area contributed by atoms with Crippen LogP contribution in [0.2, 0.25) is 0 Å². The summed E-state index contributed by atoms with van der Waals surface area (Å²) in [4.78, 5) is 5.15. The molecule has 0 unspecified atom stereocenters. The highest BCUT2D eigenvalue weighted by atomic mass is 32.2. The second kappa shape index (κ2) is 16.2. The number of nitrogens with zero attached hydrogens (tertiary/aromatic N) is 1. The van der Waals surface area contributed by atoms with Crippen LogP contribution in [0.15, 0.2) is 283 Å². The van der Waals surface area contributed by atoms with Crippen LogP contribution in [0.1, 0.15) is 44.5 Å². The number of rotatable bonds is 5. The number of anilines is 3. The molecule has 4 aliphatic rings. The van der Waals surface area contributed by atoms with E-state index in [1.165, 1.54) is 98.5 Å². The van der Waals surface area contributed by atoms with Crippen molar-refractivity contribution in [2.45, 2.75) is 20.6 Å². The lowest BCUT2D eigenvalue weighted by molar-refractivity contribution is 0.436. The Morgan fingerprint density at radius 1 is 0.280 bits per heavy atom. The van der Waals surface area contributed by atoms with Crippen molar-refractivity contribution < 1.29 is 4.74 Å². The van der Waals surface area contributed by atoms with Crippen molar-refractivity contribution in [3.8, 4) is 56.0 Å². The minimum atomic E-state index is -0.614. The third-order valence-corrected chi connectivity index (χ3v) is 17.8. The topological polar surface area (TPSA) is 12.5 Å². The van der Waals surface area contributed by atoms with Crippen molar-refractivity contribution in [3.05, 3.63) is 317 Å². The molecule has 0 N–H and O–H groups in total. The third kappa shape index (κ3) is 5.82. The zero-order chi connectivity index (χ0) is 49.2. The predicted molar refractivity (Wildman–Crippen MR) is 308 cm³/mol. The SMILES string of the molecule is c1ccc(-c2ccc(-c3ccc(N(c4cccc5c4-c4ccccc4C54c5ccccc5Oc5ccccc54)c4cccc5c6c(ccc45)C4(c5ccccc5Sc5ccccc54)c4ccccc4-6)cc3)cc2)cc1. The predicted octanol–water partition coefficient (Wildman–Crippen LogP) is 18.9. The first-order valence-corrected chi connectivity index (χ1v) is 26.7. The molecule has 0 saturated carbocycles. The Labute approximate surface area is 440 Å². The van der Waals surface area contributed by atoms with Crippen LogP contribution in [-0.2, 0) is 10.8 Å². The van der Waals surface area contributed by atoms with Crippen LogP contribution < -0.4 is 9.64 Å². The van der Waals surface area contributed by atoms with E-state index in [1.54, 1.807) is 0 Å². The molecule has 350 valence electrons. The molecule has 2 aliphatic carbocycles. The van der Waals surface area contributed by atoms with Crippen LogP contribution in [0, 0.1) is 0 Å². The average molecular weight is 972 g/mol. The van der Waals surface area contributed by atoms with Crippen LogP contribution in [0.4, 0.5) is 17.1 Å². The van der Waals surface area contributed by atoms with Crippen LogP contribution in [0.3, 0.4) is 0 Å². The highest BCUT2D eigenvalue weighted by Crippen LogP contribution is 2.66. The van der Waals surface area contributed by atoms with Gasteiger partial charge < -0.3 is 9.64 Å². The highest BCUT2D eigenvalue weighted by molar-refractivity contribution is 7.99. The van der Waals surface area contributed by atoms with E-state index >= 15 is 0 Å². The third-order valence-electron chi connectivity index (χ3n) is 16.6. The van der Waals surface area contributed by atoms with Crippen LogP contribution in [0.25, 0.3) is 55.3 Å². The summed E-state index contributed by atoms with van der Waals surface area (Å²) < 4.78 is 6.77. The van der Waals surface area contributed by atoms with Gasteiger partial charge in [0.15, 0.2) is 0 Å². The molecule has 0 aromatic heterocycles. The Balaban J connectivity index is 0.951. The first-order chi connectivity index (χ1) is 37.2. The number of fused-ring (bicyclic) bond motifs is 20. The lowest BCUT2D eigenvalue weighted by Crippen LogP contribution is -2.32. The normalized spacial score (nSPS) is 14.1. The average Bonchev–Trinajstić information content (AvgIpc) is 3.98. The molecule has 2 heterocycles. The molecule has 0 radical (unpaired) electrons. The summed E-state index contributed by atoms with van der Waals surface area (Å²) in [7, 11) is 0. The Morgan fingerprint density at radius 2 is 0.720 bits per heavy atom. The fourth-order valence-electron chi connectivity index (χ4n) is 13.7. The number of benzene rings is 12. The first kappa shape index (κ1) is 42.4. The van der Waals surface area contributed by atoms with E-state index in [2.05, 4.69) is 278 Å². The van der Waals surface area contributed by atoms with Gasteiger partial charge in [0.1, 0.15) is 11.5 Å². The Bertz CT molecular complexity index is 4220. The number of hydrogen-bond donors (Lipinski definition) is 0. The van der Waals surface area contributed by atoms with E-state index in [4.69, 9.17) is 4.74 Å². The number of para-hydroxylation sites is 2. The molecule has 2 spiro atoms. The summed E-state index contributed by atoms with van der Waals surface area (Å²) in [5.41, 5.74) is 22.2. The molecule has 0 atom stereocenters. The number of hydrogen-bond acceptors (Lipinski definition) is 3. The smallest absolute Gasteiger partial charge is 0.132 e. The van der Waals surface area contributed by atoms with Crippen molar-refractivity contribution in [2.75, 3.05) is 4.90 Å². The summed E-state index contributed by atoms with van der Waals surface area (Å²) in [6.07, 6.45) is 0. The minimum Gasteiger partial charge on any atom is -0.457 e. The minimum absolute atomic E-state index is 0.474. The van der Waals surface area contributed by atoms with Gasteiger partial charge in [-0.15, -0.1) is 0 Å². The standard InChI is InChI=1S/C72H45NOS/c1-2-18-46(19-3-1)47-36-38-48(39-37-47)49-40-42-50(43-41-49)73(64-31-17-29-61-70(64)54-21-5-7-24-56(54)71(61)57-25-8-12-32-65(57)74-66-33-13-9-26-58(66)71)63-30-16-22-52-51(63)44-45-62-69(52)53-20-4-6-23-55(53)72(62)59-27-10-14-34-67(59)75-68-35-15-11-28-60(68)72/h1-45H. The molecule has 0 saturated heterocycles. The maximum atomic E-state index is 6.77. The summed E-state index contributed by atoms with van der Waals surface area (Å²) in [5, 5.41) is 2.43. The summed E-state index contributed by atoms with van der Waals surface area (Å²) >= 11 is 1.89. The second-order valence-electron chi connectivity index (χ2n) is 20.2. The molecule has 12 aromatic rings. The fraction of sp³-hybridized carbons (Fsp3) is 0.0278. The van der Waals surface area contributed by atoms with Gasteiger partial charge in [-0.2, -0.15) is 0 Å². The number of ether oxygens (including phenoxy) is 1. The van der Waals surface area contributed by atoms with Gasteiger partial charge >= 0.3 is 0 Å². The molecule has 12 aromatic carbocycles. The first-order valence-electron chi connectivity index (χ1n) is 25.9. The van der Waals surface area contributed by atoms with Gasteiger partial charge in [0.25, 0.3) is 0 Å². The summed E-state index contributed by atoms with van der Waals surface area (Å²) in [6.45, 7) is 0. The molecule has 2 aliphatic heterocycles. The lowest BCUT2D eigenvalue weighted by Gasteiger charge is -2.39. The van der Waals surface area contributed by atoms with Gasteiger partial charge in [0.05, 0.1) is 22.2 Å². The molecule has 0 bridgehead atoms.